The summed E-state index contributed by atoms with van der Waals surface area (Å²) in [4.78, 5) is 25.5. The molecule has 0 aliphatic carbocycles. The topological polar surface area (TPSA) is 66.8 Å². The summed E-state index contributed by atoms with van der Waals surface area (Å²) in [6, 6.07) is 18.9. The molecule has 1 unspecified atom stereocenters. The van der Waals surface area contributed by atoms with Crippen LogP contribution in [0.25, 0.3) is 0 Å². The first kappa shape index (κ1) is 27.6. The molecule has 38 heavy (non-hydrogen) atoms. The van der Waals surface area contributed by atoms with E-state index >= 15 is 0 Å². The Bertz CT molecular complexity index is 1300. The van der Waals surface area contributed by atoms with Crippen molar-refractivity contribution in [3.63, 3.8) is 0 Å². The molecule has 5 nitrogen and oxygen atoms in total. The standard InChI is InChI=1S/C31H33ClFNO4/c1-20(2)23-11-7-22(8-12-23)16-31(3)17-24-15-21(9-13-28(24)38-31)10-14-29(35)34(19-30(36)37)18-25-26(32)5-4-6-27(25)33/h4-9,11-13,15,20H,10,14,16-19H2,1-3H3,(H,36,37). The minimum atomic E-state index is -1.17. The largest absolute Gasteiger partial charge is 0.487 e. The molecule has 0 spiro atoms. The lowest BCUT2D eigenvalue weighted by Gasteiger charge is -2.24. The van der Waals surface area contributed by atoms with Crippen LogP contribution in [0.4, 0.5) is 4.39 Å². The van der Waals surface area contributed by atoms with E-state index in [2.05, 4.69) is 51.1 Å². The molecule has 1 aliphatic rings. The highest BCUT2D eigenvalue weighted by Gasteiger charge is 2.35. The van der Waals surface area contributed by atoms with Gasteiger partial charge >= 0.3 is 5.97 Å². The van der Waals surface area contributed by atoms with Gasteiger partial charge in [-0.1, -0.05) is 67.9 Å². The van der Waals surface area contributed by atoms with E-state index in [-0.39, 0.29) is 35.1 Å². The molecular formula is C31H33ClFNO4. The molecule has 0 saturated carbocycles. The molecule has 1 atom stereocenters. The predicted molar refractivity (Wildman–Crippen MR) is 146 cm³/mol. The molecule has 1 heterocycles. The Kier molecular flexibility index (Phi) is 8.41. The van der Waals surface area contributed by atoms with Crippen LogP contribution in [0.3, 0.4) is 0 Å². The van der Waals surface area contributed by atoms with E-state index in [4.69, 9.17) is 16.3 Å². The lowest BCUT2D eigenvalue weighted by molar-refractivity contribution is -0.144. The Morgan fingerprint density at radius 3 is 2.47 bits per heavy atom. The number of carbonyl (C=O) groups excluding carboxylic acids is 1. The van der Waals surface area contributed by atoms with Gasteiger partial charge in [-0.15, -0.1) is 0 Å². The van der Waals surface area contributed by atoms with Gasteiger partial charge in [0.15, 0.2) is 0 Å². The Balaban J connectivity index is 1.39. The summed E-state index contributed by atoms with van der Waals surface area (Å²) in [6.07, 6.45) is 2.07. The summed E-state index contributed by atoms with van der Waals surface area (Å²) in [5.74, 6) is -0.775. The zero-order valence-corrected chi connectivity index (χ0v) is 22.7. The van der Waals surface area contributed by atoms with Crippen LogP contribution in [-0.2, 0) is 35.4 Å². The summed E-state index contributed by atoms with van der Waals surface area (Å²) < 4.78 is 20.6. The highest BCUT2D eigenvalue weighted by Crippen LogP contribution is 2.38. The number of carbonyl (C=O) groups is 2. The Morgan fingerprint density at radius 1 is 1.11 bits per heavy atom. The normalized spacial score (nSPS) is 16.3. The highest BCUT2D eigenvalue weighted by atomic mass is 35.5. The minimum Gasteiger partial charge on any atom is -0.487 e. The first-order valence-corrected chi connectivity index (χ1v) is 13.2. The van der Waals surface area contributed by atoms with Crippen molar-refractivity contribution < 1.29 is 23.8 Å². The van der Waals surface area contributed by atoms with Crippen molar-refractivity contribution in [3.8, 4) is 5.75 Å². The quantitative estimate of drug-likeness (QED) is 0.317. The van der Waals surface area contributed by atoms with Crippen molar-refractivity contribution in [1.82, 2.24) is 4.90 Å². The lowest BCUT2D eigenvalue weighted by Crippen LogP contribution is -2.35. The molecule has 7 heteroatoms. The van der Waals surface area contributed by atoms with Gasteiger partial charge in [0.1, 0.15) is 23.7 Å². The van der Waals surface area contributed by atoms with Gasteiger partial charge in [-0.3, -0.25) is 9.59 Å². The smallest absolute Gasteiger partial charge is 0.323 e. The van der Waals surface area contributed by atoms with Gasteiger partial charge in [0.2, 0.25) is 5.91 Å². The second-order valence-corrected chi connectivity index (χ2v) is 11.0. The van der Waals surface area contributed by atoms with E-state index in [0.717, 1.165) is 34.6 Å². The van der Waals surface area contributed by atoms with Crippen molar-refractivity contribution in [1.29, 1.82) is 0 Å². The van der Waals surface area contributed by atoms with Gasteiger partial charge in [-0.25, -0.2) is 4.39 Å². The van der Waals surface area contributed by atoms with Gasteiger partial charge in [-0.2, -0.15) is 0 Å². The number of ether oxygens (including phenoxy) is 1. The SMILES string of the molecule is CC(C)c1ccc(CC2(C)Cc3cc(CCC(=O)N(CC(=O)O)Cc4c(F)cccc4Cl)ccc3O2)cc1. The summed E-state index contributed by atoms with van der Waals surface area (Å²) in [5.41, 5.74) is 4.35. The molecule has 0 radical (unpaired) electrons. The second-order valence-electron chi connectivity index (χ2n) is 10.6. The number of fused-ring (bicyclic) bond motifs is 1. The van der Waals surface area contributed by atoms with E-state index < -0.39 is 18.3 Å². The van der Waals surface area contributed by atoms with Crippen LogP contribution in [0.2, 0.25) is 5.02 Å². The predicted octanol–water partition coefficient (Wildman–Crippen LogP) is 6.58. The monoisotopic (exact) mass is 537 g/mol. The van der Waals surface area contributed by atoms with Crippen molar-refractivity contribution in [2.45, 2.75) is 64.5 Å². The van der Waals surface area contributed by atoms with Crippen LogP contribution in [0.1, 0.15) is 60.9 Å². The second kappa shape index (κ2) is 11.6. The van der Waals surface area contributed by atoms with Crippen molar-refractivity contribution in [2.24, 2.45) is 0 Å². The van der Waals surface area contributed by atoms with Crippen LogP contribution < -0.4 is 4.74 Å². The maximum Gasteiger partial charge on any atom is 0.323 e. The summed E-state index contributed by atoms with van der Waals surface area (Å²) in [6.45, 7) is 5.74. The van der Waals surface area contributed by atoms with Gasteiger partial charge in [0.05, 0.1) is 6.54 Å². The summed E-state index contributed by atoms with van der Waals surface area (Å²) >= 11 is 6.10. The maximum atomic E-state index is 14.3. The molecule has 1 N–H and O–H groups in total. The average molecular weight is 538 g/mol. The van der Waals surface area contributed by atoms with E-state index in [0.29, 0.717) is 12.3 Å². The van der Waals surface area contributed by atoms with Crippen LogP contribution >= 0.6 is 11.6 Å². The number of hydrogen-bond donors (Lipinski definition) is 1. The Morgan fingerprint density at radius 2 is 1.82 bits per heavy atom. The molecule has 0 bridgehead atoms. The number of aliphatic carboxylic acids is 1. The molecular weight excluding hydrogens is 505 g/mol. The fourth-order valence-corrected chi connectivity index (χ4v) is 5.18. The number of carboxylic acid groups (broad SMARTS) is 1. The van der Waals surface area contributed by atoms with Crippen LogP contribution in [0, 0.1) is 5.82 Å². The molecule has 0 fully saturated rings. The molecule has 4 rings (SSSR count). The first-order chi connectivity index (χ1) is 18.0. The Labute approximate surface area is 228 Å². The van der Waals surface area contributed by atoms with Crippen LogP contribution in [0.15, 0.2) is 60.7 Å². The molecule has 0 saturated heterocycles. The number of benzene rings is 3. The first-order valence-electron chi connectivity index (χ1n) is 12.8. The van der Waals surface area contributed by atoms with Crippen molar-refractivity contribution in [3.05, 3.63) is 99.3 Å². The third kappa shape index (κ3) is 6.73. The van der Waals surface area contributed by atoms with Crippen LogP contribution in [-0.4, -0.2) is 34.0 Å². The fraction of sp³-hybridized carbons (Fsp3) is 0.355. The van der Waals surface area contributed by atoms with E-state index in [1.165, 1.54) is 29.3 Å². The number of hydrogen-bond acceptors (Lipinski definition) is 3. The lowest BCUT2D eigenvalue weighted by atomic mass is 9.90. The van der Waals surface area contributed by atoms with E-state index in [1.807, 2.05) is 12.1 Å². The summed E-state index contributed by atoms with van der Waals surface area (Å²) in [5, 5.41) is 9.46. The molecule has 200 valence electrons. The third-order valence-corrected chi connectivity index (χ3v) is 7.34. The van der Waals surface area contributed by atoms with E-state index in [1.54, 1.807) is 0 Å². The number of amides is 1. The van der Waals surface area contributed by atoms with Gasteiger partial charge < -0.3 is 14.7 Å². The zero-order chi connectivity index (χ0) is 27.4. The highest BCUT2D eigenvalue weighted by molar-refractivity contribution is 6.31. The number of halogens is 2. The molecule has 3 aromatic carbocycles. The van der Waals surface area contributed by atoms with Gasteiger partial charge in [0, 0.05) is 29.8 Å². The van der Waals surface area contributed by atoms with Crippen molar-refractivity contribution >= 4 is 23.5 Å². The maximum absolute atomic E-state index is 14.3. The molecule has 1 aliphatic heterocycles. The van der Waals surface area contributed by atoms with E-state index in [9.17, 15) is 19.1 Å². The van der Waals surface area contributed by atoms with Crippen LogP contribution in [0.5, 0.6) is 5.75 Å². The molecule has 0 aromatic heterocycles. The summed E-state index contributed by atoms with van der Waals surface area (Å²) in [7, 11) is 0. The number of nitrogens with zero attached hydrogens (tertiary/aromatic N) is 1. The van der Waals surface area contributed by atoms with Gasteiger partial charge in [0.25, 0.3) is 0 Å². The zero-order valence-electron chi connectivity index (χ0n) is 22.0. The third-order valence-electron chi connectivity index (χ3n) is 6.99. The Hall–Kier alpha value is -3.38. The molecule has 3 aromatic rings. The molecule has 1 amide bonds. The minimum absolute atomic E-state index is 0.0957. The van der Waals surface area contributed by atoms with Gasteiger partial charge in [-0.05, 0) is 59.7 Å². The average Bonchev–Trinajstić information content (AvgIpc) is 3.19. The number of aryl methyl sites for hydroxylation is 1. The van der Waals surface area contributed by atoms with Crippen molar-refractivity contribution in [2.75, 3.05) is 6.54 Å². The fourth-order valence-electron chi connectivity index (χ4n) is 4.96. The number of carboxylic acids is 1. The number of rotatable bonds is 10.